The average Bonchev–Trinajstić information content (AvgIpc) is 2.35. The van der Waals surface area contributed by atoms with Gasteiger partial charge in [0.05, 0.1) is 6.20 Å². The van der Waals surface area contributed by atoms with E-state index in [2.05, 4.69) is 15.3 Å². The van der Waals surface area contributed by atoms with Crippen molar-refractivity contribution in [3.8, 4) is 5.88 Å². The molecule has 0 fully saturated rings. The van der Waals surface area contributed by atoms with Gasteiger partial charge in [0.2, 0.25) is 5.88 Å². The summed E-state index contributed by atoms with van der Waals surface area (Å²) < 4.78 is 6.88. The zero-order valence-electron chi connectivity index (χ0n) is 9.80. The number of aromatic nitrogens is 3. The smallest absolute Gasteiger partial charge is 0.270 e. The van der Waals surface area contributed by atoms with Crippen molar-refractivity contribution in [3.63, 3.8) is 0 Å². The molecule has 0 aromatic carbocycles. The molecule has 0 radical (unpaired) electrons. The van der Waals surface area contributed by atoms with Gasteiger partial charge in [-0.3, -0.25) is 9.36 Å². The Balaban J connectivity index is 2.35. The number of rotatable bonds is 4. The van der Waals surface area contributed by atoms with Crippen molar-refractivity contribution in [2.75, 3.05) is 20.2 Å². The molecule has 2 aromatic heterocycles. The number of hydrogen-bond acceptors (Lipinski definition) is 5. The summed E-state index contributed by atoms with van der Waals surface area (Å²) in [6.07, 6.45) is 1.28. The SMILES string of the molecule is CNCCOc1ccc2ncc(=O)n(C)c2n1. The predicted octanol–water partition coefficient (Wildman–Crippen LogP) is -0.0733. The summed E-state index contributed by atoms with van der Waals surface area (Å²) >= 11 is 0. The van der Waals surface area contributed by atoms with E-state index in [-0.39, 0.29) is 5.56 Å². The van der Waals surface area contributed by atoms with Gasteiger partial charge >= 0.3 is 0 Å². The molecule has 0 bridgehead atoms. The highest BCUT2D eigenvalue weighted by molar-refractivity contribution is 5.70. The number of likely N-dealkylation sites (N-methyl/N-ethyl adjacent to an activating group) is 1. The van der Waals surface area contributed by atoms with Crippen molar-refractivity contribution in [2.45, 2.75) is 0 Å². The maximum absolute atomic E-state index is 11.4. The topological polar surface area (TPSA) is 69.0 Å². The molecular formula is C11H14N4O2. The fourth-order valence-corrected chi connectivity index (χ4v) is 1.43. The first-order chi connectivity index (χ1) is 8.22. The molecule has 6 heteroatoms. The summed E-state index contributed by atoms with van der Waals surface area (Å²) in [6.45, 7) is 1.27. The van der Waals surface area contributed by atoms with Gasteiger partial charge in [0.1, 0.15) is 12.1 Å². The highest BCUT2D eigenvalue weighted by atomic mass is 16.5. The van der Waals surface area contributed by atoms with Gasteiger partial charge in [-0.2, -0.15) is 4.98 Å². The first-order valence-electron chi connectivity index (χ1n) is 5.32. The third-order valence-electron chi connectivity index (χ3n) is 2.39. The molecule has 0 saturated heterocycles. The van der Waals surface area contributed by atoms with E-state index in [1.54, 1.807) is 19.2 Å². The molecule has 2 heterocycles. The van der Waals surface area contributed by atoms with Crippen molar-refractivity contribution >= 4 is 11.2 Å². The van der Waals surface area contributed by atoms with Crippen LogP contribution in [-0.4, -0.2) is 34.7 Å². The molecule has 90 valence electrons. The molecule has 0 spiro atoms. The summed E-state index contributed by atoms with van der Waals surface area (Å²) in [4.78, 5) is 19.7. The molecule has 2 rings (SSSR count). The molecule has 17 heavy (non-hydrogen) atoms. The number of nitrogens with zero attached hydrogens (tertiary/aromatic N) is 3. The Hall–Kier alpha value is -1.95. The molecule has 0 unspecified atom stereocenters. The van der Waals surface area contributed by atoms with Crippen molar-refractivity contribution in [3.05, 3.63) is 28.7 Å². The van der Waals surface area contributed by atoms with Gasteiger partial charge in [0, 0.05) is 19.7 Å². The Bertz CT molecular complexity index is 579. The molecule has 0 amide bonds. The van der Waals surface area contributed by atoms with Crippen LogP contribution in [0.4, 0.5) is 0 Å². The highest BCUT2D eigenvalue weighted by Crippen LogP contribution is 2.12. The van der Waals surface area contributed by atoms with Crippen LogP contribution in [-0.2, 0) is 7.05 Å². The number of pyridine rings is 1. The average molecular weight is 234 g/mol. The predicted molar refractivity (Wildman–Crippen MR) is 64.2 cm³/mol. The van der Waals surface area contributed by atoms with E-state index >= 15 is 0 Å². The number of nitrogens with one attached hydrogen (secondary N) is 1. The van der Waals surface area contributed by atoms with Crippen molar-refractivity contribution in [1.29, 1.82) is 0 Å². The van der Waals surface area contributed by atoms with E-state index < -0.39 is 0 Å². The molecule has 0 atom stereocenters. The standard InChI is InChI=1S/C11H14N4O2/c1-12-5-6-17-9-4-3-8-11(14-9)15(2)10(16)7-13-8/h3-4,7,12H,5-6H2,1-2H3. The third-order valence-corrected chi connectivity index (χ3v) is 2.39. The van der Waals surface area contributed by atoms with Gasteiger partial charge in [-0.05, 0) is 13.1 Å². The first-order valence-corrected chi connectivity index (χ1v) is 5.32. The normalized spacial score (nSPS) is 10.7. The summed E-state index contributed by atoms with van der Waals surface area (Å²) in [7, 11) is 3.52. The van der Waals surface area contributed by atoms with Crippen LogP contribution in [0.3, 0.4) is 0 Å². The highest BCUT2D eigenvalue weighted by Gasteiger charge is 2.04. The maximum Gasteiger partial charge on any atom is 0.270 e. The van der Waals surface area contributed by atoms with E-state index in [1.165, 1.54) is 10.8 Å². The summed E-state index contributed by atoms with van der Waals surface area (Å²) in [5.41, 5.74) is 1.02. The van der Waals surface area contributed by atoms with Crippen molar-refractivity contribution in [2.24, 2.45) is 7.05 Å². The molecule has 6 nitrogen and oxygen atoms in total. The second kappa shape index (κ2) is 4.92. The van der Waals surface area contributed by atoms with Crippen LogP contribution in [0.1, 0.15) is 0 Å². The van der Waals surface area contributed by atoms with Gasteiger partial charge in [0.25, 0.3) is 5.56 Å². The van der Waals surface area contributed by atoms with Crippen LogP contribution < -0.4 is 15.6 Å². The number of fused-ring (bicyclic) bond motifs is 1. The van der Waals surface area contributed by atoms with Crippen molar-refractivity contribution < 1.29 is 4.74 Å². The van der Waals surface area contributed by atoms with Gasteiger partial charge in [-0.1, -0.05) is 0 Å². The second-order valence-corrected chi connectivity index (χ2v) is 3.60. The largest absolute Gasteiger partial charge is 0.476 e. The fraction of sp³-hybridized carbons (Fsp3) is 0.364. The number of ether oxygens (including phenoxy) is 1. The lowest BCUT2D eigenvalue weighted by Gasteiger charge is -2.07. The molecular weight excluding hydrogens is 220 g/mol. The minimum absolute atomic E-state index is 0.183. The maximum atomic E-state index is 11.4. The van der Waals surface area contributed by atoms with Crippen LogP contribution >= 0.6 is 0 Å². The molecule has 1 N–H and O–H groups in total. The van der Waals surface area contributed by atoms with E-state index in [9.17, 15) is 4.79 Å². The molecule has 0 aliphatic heterocycles. The Morgan fingerprint density at radius 3 is 3.06 bits per heavy atom. The van der Waals surface area contributed by atoms with Crippen LogP contribution in [0.5, 0.6) is 5.88 Å². The monoisotopic (exact) mass is 234 g/mol. The lowest BCUT2D eigenvalue weighted by atomic mass is 10.4. The second-order valence-electron chi connectivity index (χ2n) is 3.60. The van der Waals surface area contributed by atoms with Crippen LogP contribution in [0.15, 0.2) is 23.1 Å². The van der Waals surface area contributed by atoms with E-state index in [0.29, 0.717) is 23.7 Å². The lowest BCUT2D eigenvalue weighted by Crippen LogP contribution is -2.19. The molecule has 0 aliphatic carbocycles. The minimum atomic E-state index is -0.183. The van der Waals surface area contributed by atoms with Gasteiger partial charge < -0.3 is 10.1 Å². The first kappa shape index (κ1) is 11.5. The summed E-state index contributed by atoms with van der Waals surface area (Å²) in [6, 6.07) is 3.53. The Morgan fingerprint density at radius 2 is 2.29 bits per heavy atom. The molecule has 0 aliphatic rings. The quantitative estimate of drug-likeness (QED) is 0.750. The third kappa shape index (κ3) is 2.42. The number of aryl methyl sites for hydroxylation is 1. The molecule has 2 aromatic rings. The Morgan fingerprint density at radius 1 is 1.47 bits per heavy atom. The van der Waals surface area contributed by atoms with Crippen molar-refractivity contribution in [1.82, 2.24) is 19.9 Å². The Kier molecular flexibility index (Phi) is 3.34. The van der Waals surface area contributed by atoms with E-state index in [1.807, 2.05) is 7.05 Å². The number of hydrogen-bond donors (Lipinski definition) is 1. The van der Waals surface area contributed by atoms with Crippen LogP contribution in [0, 0.1) is 0 Å². The van der Waals surface area contributed by atoms with Gasteiger partial charge in [-0.25, -0.2) is 4.98 Å². The zero-order valence-corrected chi connectivity index (χ0v) is 9.80. The van der Waals surface area contributed by atoms with E-state index in [0.717, 1.165) is 6.54 Å². The lowest BCUT2D eigenvalue weighted by molar-refractivity contribution is 0.307. The van der Waals surface area contributed by atoms with Gasteiger partial charge in [-0.15, -0.1) is 0 Å². The van der Waals surface area contributed by atoms with Gasteiger partial charge in [0.15, 0.2) is 5.65 Å². The fourth-order valence-electron chi connectivity index (χ4n) is 1.43. The zero-order chi connectivity index (χ0) is 12.3. The summed E-state index contributed by atoms with van der Waals surface area (Å²) in [5.74, 6) is 0.496. The van der Waals surface area contributed by atoms with Crippen LogP contribution in [0.2, 0.25) is 0 Å². The Labute approximate surface area is 98.3 Å². The van der Waals surface area contributed by atoms with Crippen LogP contribution in [0.25, 0.3) is 11.2 Å². The van der Waals surface area contributed by atoms with E-state index in [4.69, 9.17) is 4.74 Å². The minimum Gasteiger partial charge on any atom is -0.476 e. The summed E-state index contributed by atoms with van der Waals surface area (Å²) in [5, 5.41) is 2.98. The molecule has 0 saturated carbocycles.